The molecule has 1 aromatic heterocycles. The summed E-state index contributed by atoms with van der Waals surface area (Å²) in [5.41, 5.74) is 0. The fraction of sp³-hybridized carbons (Fsp3) is 0.778. The van der Waals surface area contributed by atoms with Crippen molar-refractivity contribution < 1.29 is 4.74 Å². The maximum Gasteiger partial charge on any atom is 0.204 e. The molecule has 1 aliphatic rings. The lowest BCUT2D eigenvalue weighted by Crippen LogP contribution is -2.37. The van der Waals surface area contributed by atoms with Crippen LogP contribution in [0.1, 0.15) is 12.8 Å². The minimum atomic E-state index is 0.423. The van der Waals surface area contributed by atoms with Crippen LogP contribution in [0.4, 0.5) is 5.13 Å². The van der Waals surface area contributed by atoms with Gasteiger partial charge in [-0.15, -0.1) is 0 Å². The molecule has 1 fully saturated rings. The van der Waals surface area contributed by atoms with Gasteiger partial charge in [-0.25, -0.2) is 4.98 Å². The number of ether oxygens (including phenoxy) is 1. The molecule has 1 aromatic rings. The minimum absolute atomic E-state index is 0.423. The number of anilines is 1. The maximum absolute atomic E-state index is 5.69. The summed E-state index contributed by atoms with van der Waals surface area (Å²) in [6.07, 6.45) is 4.22. The van der Waals surface area contributed by atoms with Gasteiger partial charge < -0.3 is 9.64 Å². The smallest absolute Gasteiger partial charge is 0.204 e. The Kier molecular flexibility index (Phi) is 4.34. The average molecular weight is 292 g/mol. The fourth-order valence-corrected chi connectivity index (χ4v) is 2.50. The molecule has 0 spiro atoms. The summed E-state index contributed by atoms with van der Waals surface area (Å²) in [5, 5.41) is 1.96. The van der Waals surface area contributed by atoms with Crippen LogP contribution in [0.5, 0.6) is 0 Å². The van der Waals surface area contributed by atoms with Crippen molar-refractivity contribution in [3.63, 3.8) is 0 Å². The lowest BCUT2D eigenvalue weighted by atomic mass is 10.1. The third-order valence-corrected chi connectivity index (χ3v) is 3.54. The van der Waals surface area contributed by atoms with E-state index in [4.69, 9.17) is 4.74 Å². The fourth-order valence-electron chi connectivity index (χ4n) is 1.73. The Bertz CT molecular complexity index is 275. The quantitative estimate of drug-likeness (QED) is 0.795. The van der Waals surface area contributed by atoms with Crippen molar-refractivity contribution >= 4 is 32.6 Å². The monoisotopic (exact) mass is 291 g/mol. The average Bonchev–Trinajstić information content (AvgIpc) is 2.80. The molecule has 0 bridgehead atoms. The van der Waals surface area contributed by atoms with Crippen molar-refractivity contribution in [1.82, 2.24) is 9.36 Å². The van der Waals surface area contributed by atoms with E-state index >= 15 is 0 Å². The molecule has 0 N–H and O–H groups in total. The number of piperidine rings is 1. The van der Waals surface area contributed by atoms with Crippen molar-refractivity contribution in [2.24, 2.45) is 0 Å². The van der Waals surface area contributed by atoms with Crippen molar-refractivity contribution in [3.8, 4) is 0 Å². The van der Waals surface area contributed by atoms with E-state index in [1.165, 1.54) is 11.5 Å². The lowest BCUT2D eigenvalue weighted by molar-refractivity contribution is 0.0481. The number of aromatic nitrogens is 2. The van der Waals surface area contributed by atoms with Gasteiger partial charge in [-0.05, 0) is 12.8 Å². The largest absolute Gasteiger partial charge is 0.377 e. The summed E-state index contributed by atoms with van der Waals surface area (Å²) in [4.78, 5) is 6.50. The molecule has 0 atom stereocenters. The van der Waals surface area contributed by atoms with Gasteiger partial charge in [0.25, 0.3) is 0 Å². The third kappa shape index (κ3) is 3.12. The second-order valence-electron chi connectivity index (χ2n) is 3.47. The molecule has 6 heteroatoms. The molecule has 2 rings (SSSR count). The van der Waals surface area contributed by atoms with Crippen LogP contribution < -0.4 is 4.90 Å². The molecule has 4 nitrogen and oxygen atoms in total. The van der Waals surface area contributed by atoms with E-state index in [-0.39, 0.29) is 0 Å². The lowest BCUT2D eigenvalue weighted by Gasteiger charge is -2.31. The van der Waals surface area contributed by atoms with E-state index in [0.29, 0.717) is 6.10 Å². The van der Waals surface area contributed by atoms with Gasteiger partial charge in [-0.1, -0.05) is 15.9 Å². The second-order valence-corrected chi connectivity index (χ2v) is 5.02. The van der Waals surface area contributed by atoms with Crippen LogP contribution in [0.3, 0.4) is 0 Å². The molecule has 1 aliphatic heterocycles. The third-order valence-electron chi connectivity index (χ3n) is 2.49. The first-order valence-corrected chi connectivity index (χ1v) is 6.99. The molecule has 2 heterocycles. The van der Waals surface area contributed by atoms with Gasteiger partial charge in [0, 0.05) is 30.0 Å². The molecule has 0 amide bonds. The van der Waals surface area contributed by atoms with Crippen LogP contribution in [0.15, 0.2) is 6.33 Å². The molecule has 1 saturated heterocycles. The van der Waals surface area contributed by atoms with Gasteiger partial charge in [-0.3, -0.25) is 0 Å². The Morgan fingerprint density at radius 2 is 2.33 bits per heavy atom. The summed E-state index contributed by atoms with van der Waals surface area (Å²) in [5.74, 6) is 0. The molecular formula is C9H14BrN3OS. The van der Waals surface area contributed by atoms with Gasteiger partial charge in [-0.2, -0.15) is 4.37 Å². The van der Waals surface area contributed by atoms with Crippen LogP contribution in [0, 0.1) is 0 Å². The topological polar surface area (TPSA) is 38.2 Å². The van der Waals surface area contributed by atoms with E-state index in [1.807, 2.05) is 0 Å². The standard InChI is InChI=1S/C9H14BrN3OS/c10-3-6-14-8-1-4-13(5-2-8)9-11-7-12-15-9/h7-8H,1-6H2. The first-order valence-electron chi connectivity index (χ1n) is 5.09. The highest BCUT2D eigenvalue weighted by Gasteiger charge is 2.20. The molecule has 0 aromatic carbocycles. The van der Waals surface area contributed by atoms with Crippen LogP contribution in [0.25, 0.3) is 0 Å². The van der Waals surface area contributed by atoms with Crippen LogP contribution >= 0.6 is 27.5 Å². The van der Waals surface area contributed by atoms with Gasteiger partial charge in [0.15, 0.2) is 0 Å². The van der Waals surface area contributed by atoms with Crippen LogP contribution in [-0.2, 0) is 4.74 Å². The molecule has 84 valence electrons. The summed E-state index contributed by atoms with van der Waals surface area (Å²) < 4.78 is 9.71. The van der Waals surface area contributed by atoms with Gasteiger partial charge in [0.2, 0.25) is 5.13 Å². The normalized spacial score (nSPS) is 18.3. The Hall–Kier alpha value is -0.200. The number of rotatable bonds is 4. The number of hydrogen-bond acceptors (Lipinski definition) is 5. The predicted octanol–water partition coefficient (Wildman–Crippen LogP) is 1.92. The van der Waals surface area contributed by atoms with Crippen molar-refractivity contribution in [2.75, 3.05) is 29.9 Å². The molecule has 15 heavy (non-hydrogen) atoms. The highest BCUT2D eigenvalue weighted by molar-refractivity contribution is 9.09. The number of hydrogen-bond donors (Lipinski definition) is 0. The van der Waals surface area contributed by atoms with Gasteiger partial charge in [0.05, 0.1) is 12.7 Å². The predicted molar refractivity (Wildman–Crippen MR) is 64.9 cm³/mol. The van der Waals surface area contributed by atoms with Gasteiger partial charge in [0.1, 0.15) is 6.33 Å². The molecule has 0 saturated carbocycles. The number of alkyl halides is 1. The van der Waals surface area contributed by atoms with E-state index < -0.39 is 0 Å². The first-order chi connectivity index (χ1) is 7.40. The Morgan fingerprint density at radius 1 is 1.53 bits per heavy atom. The van der Waals surface area contributed by atoms with Crippen molar-refractivity contribution in [3.05, 3.63) is 6.33 Å². The molecule has 0 aliphatic carbocycles. The second kappa shape index (κ2) is 5.77. The van der Waals surface area contributed by atoms with E-state index in [0.717, 1.165) is 43.0 Å². The van der Waals surface area contributed by atoms with E-state index in [2.05, 4.69) is 30.2 Å². The van der Waals surface area contributed by atoms with Crippen molar-refractivity contribution in [1.29, 1.82) is 0 Å². The highest BCUT2D eigenvalue weighted by Crippen LogP contribution is 2.21. The Balaban J connectivity index is 1.77. The van der Waals surface area contributed by atoms with Crippen molar-refractivity contribution in [2.45, 2.75) is 18.9 Å². The minimum Gasteiger partial charge on any atom is -0.377 e. The maximum atomic E-state index is 5.69. The van der Waals surface area contributed by atoms with Crippen LogP contribution in [-0.4, -0.2) is 40.5 Å². The number of nitrogens with zero attached hydrogens (tertiary/aromatic N) is 3. The Morgan fingerprint density at radius 3 is 2.93 bits per heavy atom. The van der Waals surface area contributed by atoms with E-state index in [1.54, 1.807) is 6.33 Å². The first kappa shape index (κ1) is 11.3. The summed E-state index contributed by atoms with van der Waals surface area (Å²) in [7, 11) is 0. The van der Waals surface area contributed by atoms with Crippen LogP contribution in [0.2, 0.25) is 0 Å². The van der Waals surface area contributed by atoms with E-state index in [9.17, 15) is 0 Å². The Labute approximate surface area is 102 Å². The number of halogens is 1. The zero-order valence-electron chi connectivity index (χ0n) is 8.43. The SMILES string of the molecule is BrCCOC1CCN(c2ncns2)CC1. The molecule has 0 radical (unpaired) electrons. The molecular weight excluding hydrogens is 278 g/mol. The highest BCUT2D eigenvalue weighted by atomic mass is 79.9. The summed E-state index contributed by atoms with van der Waals surface area (Å²) in [6, 6.07) is 0. The summed E-state index contributed by atoms with van der Waals surface area (Å²) in [6.45, 7) is 2.87. The zero-order valence-corrected chi connectivity index (χ0v) is 10.8. The summed E-state index contributed by atoms with van der Waals surface area (Å²) >= 11 is 4.83. The van der Waals surface area contributed by atoms with Gasteiger partial charge >= 0.3 is 0 Å². The molecule has 0 unspecified atom stereocenters. The zero-order chi connectivity index (χ0) is 10.5.